The SMILES string of the molecule is CCCNC(Cc1nccn1CC)c1ccc(F)c(C)c1. The molecule has 0 saturated heterocycles. The highest BCUT2D eigenvalue weighted by Gasteiger charge is 2.15. The van der Waals surface area contributed by atoms with Crippen molar-refractivity contribution in [3.8, 4) is 0 Å². The van der Waals surface area contributed by atoms with Crippen LogP contribution in [0, 0.1) is 12.7 Å². The van der Waals surface area contributed by atoms with E-state index in [0.717, 1.165) is 37.3 Å². The lowest BCUT2D eigenvalue weighted by atomic mass is 10.0. The summed E-state index contributed by atoms with van der Waals surface area (Å²) in [5.41, 5.74) is 1.81. The summed E-state index contributed by atoms with van der Waals surface area (Å²) in [7, 11) is 0. The molecule has 0 bridgehead atoms. The molecule has 1 aromatic carbocycles. The zero-order valence-corrected chi connectivity index (χ0v) is 13.1. The minimum atomic E-state index is -0.150. The van der Waals surface area contributed by atoms with Gasteiger partial charge in [0.1, 0.15) is 11.6 Å². The molecular weight excluding hydrogens is 265 g/mol. The molecule has 2 aromatic rings. The van der Waals surface area contributed by atoms with Crippen molar-refractivity contribution >= 4 is 0 Å². The van der Waals surface area contributed by atoms with Gasteiger partial charge in [-0.25, -0.2) is 9.37 Å². The zero-order valence-electron chi connectivity index (χ0n) is 13.1. The van der Waals surface area contributed by atoms with Gasteiger partial charge < -0.3 is 9.88 Å². The van der Waals surface area contributed by atoms with Gasteiger partial charge in [0.05, 0.1) is 0 Å². The first kappa shape index (κ1) is 15.7. The predicted molar refractivity (Wildman–Crippen MR) is 83.8 cm³/mol. The van der Waals surface area contributed by atoms with Gasteiger partial charge in [-0.3, -0.25) is 0 Å². The molecule has 0 amide bonds. The maximum absolute atomic E-state index is 13.5. The van der Waals surface area contributed by atoms with E-state index in [0.29, 0.717) is 5.56 Å². The number of aryl methyl sites for hydroxylation is 2. The topological polar surface area (TPSA) is 29.9 Å². The summed E-state index contributed by atoms with van der Waals surface area (Å²) < 4.78 is 15.6. The number of imidazole rings is 1. The Kier molecular flexibility index (Phi) is 5.51. The van der Waals surface area contributed by atoms with E-state index < -0.39 is 0 Å². The van der Waals surface area contributed by atoms with Crippen LogP contribution in [0.3, 0.4) is 0 Å². The van der Waals surface area contributed by atoms with E-state index in [2.05, 4.69) is 28.7 Å². The van der Waals surface area contributed by atoms with Crippen LogP contribution in [0.1, 0.15) is 43.3 Å². The molecule has 21 heavy (non-hydrogen) atoms. The van der Waals surface area contributed by atoms with Crippen molar-refractivity contribution in [1.29, 1.82) is 0 Å². The second-order valence-electron chi connectivity index (χ2n) is 5.35. The number of aromatic nitrogens is 2. The molecule has 1 heterocycles. The Bertz CT molecular complexity index is 577. The Morgan fingerprint density at radius 3 is 2.81 bits per heavy atom. The van der Waals surface area contributed by atoms with Gasteiger partial charge in [0.25, 0.3) is 0 Å². The third-order valence-electron chi connectivity index (χ3n) is 3.75. The molecule has 3 nitrogen and oxygen atoms in total. The Morgan fingerprint density at radius 2 is 2.14 bits per heavy atom. The Hall–Kier alpha value is -1.68. The van der Waals surface area contributed by atoms with Gasteiger partial charge in [0.15, 0.2) is 0 Å². The average Bonchev–Trinajstić information content (AvgIpc) is 2.93. The number of nitrogens with one attached hydrogen (secondary N) is 1. The van der Waals surface area contributed by atoms with E-state index in [1.807, 2.05) is 31.5 Å². The number of halogens is 1. The van der Waals surface area contributed by atoms with Crippen LogP contribution in [0.5, 0.6) is 0 Å². The largest absolute Gasteiger partial charge is 0.335 e. The second kappa shape index (κ2) is 7.36. The Morgan fingerprint density at radius 1 is 1.33 bits per heavy atom. The van der Waals surface area contributed by atoms with Crippen molar-refractivity contribution in [3.63, 3.8) is 0 Å². The molecule has 2 rings (SSSR count). The molecule has 1 aromatic heterocycles. The van der Waals surface area contributed by atoms with Crippen molar-refractivity contribution in [2.45, 2.75) is 46.2 Å². The standard InChI is InChI=1S/C17H24FN3/c1-4-8-19-16(12-17-20-9-10-21(17)5-2)14-6-7-15(18)13(3)11-14/h6-7,9-11,16,19H,4-5,8,12H2,1-3H3. The monoisotopic (exact) mass is 289 g/mol. The van der Waals surface area contributed by atoms with Gasteiger partial charge in [-0.05, 0) is 44.0 Å². The van der Waals surface area contributed by atoms with Gasteiger partial charge >= 0.3 is 0 Å². The van der Waals surface area contributed by atoms with E-state index in [4.69, 9.17) is 0 Å². The summed E-state index contributed by atoms with van der Waals surface area (Å²) in [6.07, 6.45) is 5.72. The van der Waals surface area contributed by atoms with Crippen LogP contribution >= 0.6 is 0 Å². The van der Waals surface area contributed by atoms with E-state index >= 15 is 0 Å². The molecule has 0 aliphatic rings. The van der Waals surface area contributed by atoms with Crippen LogP contribution in [0.4, 0.5) is 4.39 Å². The van der Waals surface area contributed by atoms with Crippen LogP contribution in [0.25, 0.3) is 0 Å². The second-order valence-corrected chi connectivity index (χ2v) is 5.35. The Labute approximate surface area is 126 Å². The van der Waals surface area contributed by atoms with Gasteiger partial charge in [0.2, 0.25) is 0 Å². The summed E-state index contributed by atoms with van der Waals surface area (Å²) in [5.74, 6) is 0.913. The van der Waals surface area contributed by atoms with E-state index in [9.17, 15) is 4.39 Å². The molecule has 4 heteroatoms. The lowest BCUT2D eigenvalue weighted by Crippen LogP contribution is -2.25. The van der Waals surface area contributed by atoms with Crippen molar-refractivity contribution in [3.05, 3.63) is 53.4 Å². The van der Waals surface area contributed by atoms with Crippen molar-refractivity contribution < 1.29 is 4.39 Å². The summed E-state index contributed by atoms with van der Waals surface area (Å²) in [4.78, 5) is 4.45. The number of nitrogens with zero attached hydrogens (tertiary/aromatic N) is 2. The van der Waals surface area contributed by atoms with Crippen molar-refractivity contribution in [2.24, 2.45) is 0 Å². The summed E-state index contributed by atoms with van der Waals surface area (Å²) >= 11 is 0. The fraction of sp³-hybridized carbons (Fsp3) is 0.471. The quantitative estimate of drug-likeness (QED) is 0.843. The lowest BCUT2D eigenvalue weighted by Gasteiger charge is -2.20. The molecule has 114 valence electrons. The van der Waals surface area contributed by atoms with Crippen LogP contribution in [-0.4, -0.2) is 16.1 Å². The fourth-order valence-electron chi connectivity index (χ4n) is 2.51. The lowest BCUT2D eigenvalue weighted by molar-refractivity contribution is 0.505. The predicted octanol–water partition coefficient (Wildman–Crippen LogP) is 3.63. The minimum Gasteiger partial charge on any atom is -0.335 e. The molecule has 0 fully saturated rings. The zero-order chi connectivity index (χ0) is 15.2. The molecular formula is C17H24FN3. The number of hydrogen-bond donors (Lipinski definition) is 1. The molecule has 0 aliphatic heterocycles. The summed E-state index contributed by atoms with van der Waals surface area (Å²) in [6.45, 7) is 7.92. The first-order chi connectivity index (χ1) is 10.2. The summed E-state index contributed by atoms with van der Waals surface area (Å²) in [6, 6.07) is 5.52. The van der Waals surface area contributed by atoms with E-state index in [1.54, 1.807) is 6.07 Å². The first-order valence-corrected chi connectivity index (χ1v) is 7.65. The molecule has 0 saturated carbocycles. The Balaban J connectivity index is 2.23. The van der Waals surface area contributed by atoms with Gasteiger partial charge in [0, 0.05) is 31.4 Å². The number of hydrogen-bond acceptors (Lipinski definition) is 2. The van der Waals surface area contributed by atoms with Gasteiger partial charge in [-0.15, -0.1) is 0 Å². The average molecular weight is 289 g/mol. The number of benzene rings is 1. The van der Waals surface area contributed by atoms with Crippen LogP contribution < -0.4 is 5.32 Å². The van der Waals surface area contributed by atoms with E-state index in [1.165, 1.54) is 0 Å². The summed E-state index contributed by atoms with van der Waals surface area (Å²) in [5, 5.41) is 3.55. The maximum atomic E-state index is 13.5. The third kappa shape index (κ3) is 3.91. The minimum absolute atomic E-state index is 0.150. The van der Waals surface area contributed by atoms with Gasteiger partial charge in [-0.2, -0.15) is 0 Å². The first-order valence-electron chi connectivity index (χ1n) is 7.65. The van der Waals surface area contributed by atoms with E-state index in [-0.39, 0.29) is 11.9 Å². The highest BCUT2D eigenvalue weighted by atomic mass is 19.1. The fourth-order valence-corrected chi connectivity index (χ4v) is 2.51. The molecule has 0 spiro atoms. The highest BCUT2D eigenvalue weighted by Crippen LogP contribution is 2.20. The molecule has 1 N–H and O–H groups in total. The van der Waals surface area contributed by atoms with Crippen LogP contribution in [0.15, 0.2) is 30.6 Å². The normalized spacial score (nSPS) is 12.6. The van der Waals surface area contributed by atoms with Crippen LogP contribution in [-0.2, 0) is 13.0 Å². The number of rotatable bonds is 7. The maximum Gasteiger partial charge on any atom is 0.126 e. The molecule has 1 atom stereocenters. The third-order valence-corrected chi connectivity index (χ3v) is 3.75. The van der Waals surface area contributed by atoms with Crippen molar-refractivity contribution in [2.75, 3.05) is 6.54 Å². The molecule has 0 radical (unpaired) electrons. The highest BCUT2D eigenvalue weighted by molar-refractivity contribution is 5.27. The smallest absolute Gasteiger partial charge is 0.126 e. The molecule has 0 aliphatic carbocycles. The van der Waals surface area contributed by atoms with Crippen LogP contribution in [0.2, 0.25) is 0 Å². The van der Waals surface area contributed by atoms with Crippen molar-refractivity contribution in [1.82, 2.24) is 14.9 Å². The molecule has 1 unspecified atom stereocenters. The van der Waals surface area contributed by atoms with Gasteiger partial charge in [-0.1, -0.05) is 19.1 Å².